The Morgan fingerprint density at radius 2 is 0.564 bits per heavy atom. The first-order valence-electron chi connectivity index (χ1n) is 48.7. The van der Waals surface area contributed by atoms with E-state index in [1.807, 2.05) is 0 Å². The van der Waals surface area contributed by atoms with Gasteiger partial charge in [-0.05, 0) is 240 Å². The molecule has 0 fully saturated rings. The lowest BCUT2D eigenvalue weighted by molar-refractivity contribution is -1.02. The van der Waals surface area contributed by atoms with Crippen LogP contribution in [0.5, 0.6) is 23.0 Å². The number of hydrogen-bond donors (Lipinski definition) is 0. The maximum Gasteiger partial charge on any atom is 0.466 e. The van der Waals surface area contributed by atoms with Crippen molar-refractivity contribution in [3.05, 3.63) is 447 Å². The van der Waals surface area contributed by atoms with Gasteiger partial charge < -0.3 is 23.8 Å². The van der Waals surface area contributed by atoms with E-state index in [0.717, 1.165) is 45.7 Å². The molecule has 18 heterocycles. The van der Waals surface area contributed by atoms with Crippen LogP contribution in [-0.4, -0.2) is 32.7 Å². The Bertz CT molecular complexity index is 9460. The van der Waals surface area contributed by atoms with E-state index >= 15 is 0 Å². The number of benzene rings is 15. The molecular weight excluding hydrogens is 1720 g/mol. The lowest BCUT2D eigenvalue weighted by Crippen LogP contribution is -2.76. The molecule has 17 heteroatoms. The predicted octanol–water partition coefficient (Wildman–Crippen LogP) is 24.2. The van der Waals surface area contributed by atoms with Gasteiger partial charge in [0.25, 0.3) is 0 Å². The van der Waals surface area contributed by atoms with Crippen LogP contribution in [0.2, 0.25) is 0 Å². The van der Waals surface area contributed by atoms with E-state index in [-0.39, 0.29) is 0 Å². The Morgan fingerprint density at radius 1 is 0.229 bits per heavy atom. The third-order valence-electron chi connectivity index (χ3n) is 32.5. The number of rotatable bonds is 6. The minimum atomic E-state index is -0.642. The molecule has 0 bridgehead atoms. The summed E-state index contributed by atoms with van der Waals surface area (Å²) in [6, 6.07) is 119. The van der Waals surface area contributed by atoms with Crippen molar-refractivity contribution in [2.24, 2.45) is 0 Å². The molecule has 0 saturated heterocycles. The van der Waals surface area contributed by atoms with Gasteiger partial charge >= 0.3 is 17.0 Å². The Hall–Kier alpha value is -17.4. The fraction of sp³-hybridized carbons (Fsp3) is 0.122. The van der Waals surface area contributed by atoms with Crippen molar-refractivity contribution in [3.8, 4) is 130 Å². The zero-order chi connectivity index (χ0) is 93.3. The molecule has 22 aromatic rings. The molecule has 0 saturated carbocycles. The second kappa shape index (κ2) is 26.6. The molecule has 7 aromatic heterocycles. The van der Waals surface area contributed by atoms with Gasteiger partial charge in [0.05, 0.1) is 91.8 Å². The fourth-order valence-corrected chi connectivity index (χ4v) is 27.5. The number of nitrogens with zero attached hydrogens (tertiary/aromatic N) is 15. The van der Waals surface area contributed by atoms with Gasteiger partial charge in [-0.25, -0.2) is 0 Å². The van der Waals surface area contributed by atoms with E-state index < -0.39 is 17.0 Å². The van der Waals surface area contributed by atoms with Crippen molar-refractivity contribution >= 4 is 55.9 Å². The number of ether oxygens (including phenoxy) is 2. The summed E-state index contributed by atoms with van der Waals surface area (Å²) < 4.78 is 45.8. The SMILES string of the molecule is Cc1cc(-c2ccccc2)ccc1-c1cn2[n+](c1C)C13c4c(cccc4-2)N2c4ccccc4Oc4ccc(c1c42)-n1c(C)cc(C)[n+]13.Cc1cc(-c2ccccc2)ccc1-c1cn2[n+](c1C)C13c4c(cccc4-n4c(C)cc(C)[n+]41)-n1c4ccccc4c4ccc-2c3c41.Cc1cc(-c2ccccc2)ccc1-c1cn2[n+](c1C)C13c4c(cccc4-n4c(C)cc(C)[n+]41)N1c4ccccc4Oc4ccc-2c3c41. The largest absolute Gasteiger partial charge is 0.466 e. The van der Waals surface area contributed by atoms with Gasteiger partial charge in [0.2, 0.25) is 34.2 Å². The topological polar surface area (TPSA) is 82.7 Å². The number of hydrogen-bond acceptors (Lipinski definition) is 4. The molecule has 17 nitrogen and oxygen atoms in total. The Kier molecular flexibility index (Phi) is 14.8. The number of aryl methyl sites for hydroxylation is 9. The van der Waals surface area contributed by atoms with E-state index in [0.29, 0.717) is 0 Å². The molecule has 0 aliphatic carbocycles. The highest BCUT2D eigenvalue weighted by molar-refractivity contribution is 6.13. The lowest BCUT2D eigenvalue weighted by atomic mass is 9.82. The maximum absolute atomic E-state index is 6.69. The fourth-order valence-electron chi connectivity index (χ4n) is 27.5. The minimum Gasteiger partial charge on any atom is -0.453 e. The van der Waals surface area contributed by atoms with Crippen LogP contribution in [0, 0.1) is 83.1 Å². The van der Waals surface area contributed by atoms with Crippen LogP contribution in [0.3, 0.4) is 0 Å². The van der Waals surface area contributed by atoms with Gasteiger partial charge in [-0.3, -0.25) is 0 Å². The lowest BCUT2D eigenvalue weighted by Gasteiger charge is -2.38. The van der Waals surface area contributed by atoms with E-state index in [2.05, 4.69) is 500 Å². The zero-order valence-corrected chi connectivity index (χ0v) is 79.4. The van der Waals surface area contributed by atoms with Crippen molar-refractivity contribution in [2.45, 2.75) is 100 Å². The van der Waals surface area contributed by atoms with Crippen LogP contribution >= 0.6 is 0 Å². The van der Waals surface area contributed by atoms with Crippen molar-refractivity contribution in [1.29, 1.82) is 0 Å². The van der Waals surface area contributed by atoms with Crippen LogP contribution in [0.1, 0.15) is 101 Å². The molecule has 33 rings (SSSR count). The molecule has 15 aromatic carbocycles. The van der Waals surface area contributed by atoms with Crippen LogP contribution in [0.4, 0.5) is 34.1 Å². The van der Waals surface area contributed by atoms with Crippen LogP contribution < -0.4 is 47.4 Å². The number of aromatic nitrogens is 13. The first-order valence-corrected chi connectivity index (χ1v) is 48.7. The Morgan fingerprint density at radius 3 is 1.01 bits per heavy atom. The van der Waals surface area contributed by atoms with E-state index in [9.17, 15) is 0 Å². The number of fused-ring (bicyclic) bond motifs is 22. The van der Waals surface area contributed by atoms with Crippen LogP contribution in [0.25, 0.3) is 128 Å². The molecule has 11 aliphatic heterocycles. The van der Waals surface area contributed by atoms with Gasteiger partial charge in [-0.2, -0.15) is 0 Å². The smallest absolute Gasteiger partial charge is 0.453 e. The predicted molar refractivity (Wildman–Crippen MR) is 544 cm³/mol. The average molecular weight is 1810 g/mol. The van der Waals surface area contributed by atoms with Crippen molar-refractivity contribution < 1.29 is 37.6 Å². The molecule has 11 aliphatic rings. The summed E-state index contributed by atoms with van der Waals surface area (Å²) in [5, 5.41) is 2.61. The molecule has 666 valence electrons. The Labute approximate surface area is 807 Å². The molecule has 3 spiro atoms. The molecule has 0 amide bonds. The van der Waals surface area contributed by atoms with E-state index in [1.165, 1.54) is 241 Å². The average Bonchev–Trinajstić information content (AvgIpc) is 1.48. The second-order valence-electron chi connectivity index (χ2n) is 39.9. The van der Waals surface area contributed by atoms with Gasteiger partial charge in [-0.15, -0.1) is 28.1 Å². The quantitative estimate of drug-likeness (QED) is 0.155. The van der Waals surface area contributed by atoms with Crippen molar-refractivity contribution in [1.82, 2.24) is 32.7 Å². The molecule has 3 atom stereocenters. The normalized spacial score (nSPS) is 16.6. The van der Waals surface area contributed by atoms with Crippen molar-refractivity contribution in [2.75, 3.05) is 9.80 Å². The van der Waals surface area contributed by atoms with Crippen molar-refractivity contribution in [3.63, 3.8) is 0 Å². The second-order valence-corrected chi connectivity index (χ2v) is 39.9. The summed E-state index contributed by atoms with van der Waals surface area (Å²) >= 11 is 0. The first kappa shape index (κ1) is 77.8. The van der Waals surface area contributed by atoms with Crippen LogP contribution in [0.15, 0.2) is 346 Å². The van der Waals surface area contributed by atoms with Gasteiger partial charge in [0, 0.05) is 70.5 Å². The monoisotopic (exact) mass is 1810 g/mol. The van der Waals surface area contributed by atoms with E-state index in [4.69, 9.17) is 9.47 Å². The summed E-state index contributed by atoms with van der Waals surface area (Å²) in [4.78, 5) is 4.88. The zero-order valence-electron chi connectivity index (χ0n) is 79.4. The van der Waals surface area contributed by atoms with E-state index in [1.54, 1.807) is 0 Å². The summed E-state index contributed by atoms with van der Waals surface area (Å²) in [6.07, 6.45) is 7.09. The summed E-state index contributed by atoms with van der Waals surface area (Å²) in [5.41, 5.74) is 53.6. The highest BCUT2D eigenvalue weighted by Gasteiger charge is 2.79. The van der Waals surface area contributed by atoms with Gasteiger partial charge in [0.15, 0.2) is 56.4 Å². The van der Waals surface area contributed by atoms with Gasteiger partial charge in [0.1, 0.15) is 45.5 Å². The molecule has 0 N–H and O–H groups in total. The minimum absolute atomic E-state index is 0.566. The third kappa shape index (κ3) is 9.08. The molecule has 3 unspecified atom stereocenters. The summed E-state index contributed by atoms with van der Waals surface area (Å²) in [6.45, 7) is 27.0. The summed E-state index contributed by atoms with van der Waals surface area (Å²) in [7, 11) is 0. The maximum atomic E-state index is 6.69. The highest BCUT2D eigenvalue weighted by atomic mass is 16.5. The molecule has 0 radical (unpaired) electrons. The Balaban J connectivity index is 0.0000000968. The molecule has 140 heavy (non-hydrogen) atoms. The molecular formula is C123H93N15O2+6. The standard InChI is InChI=1S/2C41H31N5O.C41H31N5/c1-24-21-29(28-11-6-5-7-12-28)17-18-30(24)31-23-42-33-19-20-37-40-39(33)41(46(42)27(31)4)38-34(43(40)32-13-8-9-16-36(32)47-37)14-10-15-35(38)44-25(2)22-26(3)45(41)44;1-24-21-29(28-11-6-5-7-12-28)17-18-30(24)31-23-42-33-14-10-15-34-38(33)41(46(42)27(31)4)39-35(44-25(2)22-26(3)45(41)44)19-20-37-40(39)43(34)32-13-8-9-16-36(32)47-37;1-24-21-29(28-11-6-5-7-12-28)17-18-30(24)33-23-42-35-20-19-32-31-13-8-9-14-34(31)43-36-15-10-16-37-38(36)41(39(35)40(32)43,46(42)27(33)4)45-26(3)22-25(2)44(37)45/h2*5-23H,1-4H3;5-23H,1-4H3/q3*+2. The number of anilines is 6. The van der Waals surface area contributed by atoms with Crippen LogP contribution in [-0.2, 0) is 17.0 Å². The van der Waals surface area contributed by atoms with Gasteiger partial charge in [-0.1, -0.05) is 206 Å². The summed E-state index contributed by atoms with van der Waals surface area (Å²) in [5.74, 6) is 3.52. The first-order chi connectivity index (χ1) is 68.5. The third-order valence-corrected chi connectivity index (χ3v) is 32.5. The highest BCUT2D eigenvalue weighted by Crippen LogP contribution is 2.67. The number of para-hydroxylation sites is 5.